The lowest BCUT2D eigenvalue weighted by molar-refractivity contribution is -0.133. The molecule has 1 amide bonds. The fourth-order valence-electron chi connectivity index (χ4n) is 1.89. The van der Waals surface area contributed by atoms with E-state index in [2.05, 4.69) is 11.8 Å². The summed E-state index contributed by atoms with van der Waals surface area (Å²) in [5.41, 5.74) is 0. The highest BCUT2D eigenvalue weighted by Crippen LogP contribution is 2.15. The zero-order valence-electron chi connectivity index (χ0n) is 9.62. The molecule has 1 aliphatic heterocycles. The van der Waals surface area contributed by atoms with E-state index in [0.717, 1.165) is 19.6 Å². The van der Waals surface area contributed by atoms with Gasteiger partial charge >= 0.3 is 0 Å². The zero-order valence-corrected chi connectivity index (χ0v) is 9.62. The van der Waals surface area contributed by atoms with Crippen LogP contribution in [0.15, 0.2) is 0 Å². The van der Waals surface area contributed by atoms with Gasteiger partial charge in [0.1, 0.15) is 0 Å². The minimum atomic E-state index is 0.324. The minimum absolute atomic E-state index is 0.324. The molecule has 82 valence electrons. The number of nitrogens with zero attached hydrogens (tertiary/aromatic N) is 2. The Labute approximate surface area is 87.1 Å². The number of piperidine rings is 1. The number of hydrogen-bond donors (Lipinski definition) is 0. The number of amides is 1. The summed E-state index contributed by atoms with van der Waals surface area (Å²) in [7, 11) is 4.01. The van der Waals surface area contributed by atoms with E-state index in [-0.39, 0.29) is 0 Å². The van der Waals surface area contributed by atoms with Crippen molar-refractivity contribution >= 4 is 5.91 Å². The smallest absolute Gasteiger partial charge is 0.223 e. The Balaban J connectivity index is 2.29. The lowest BCUT2D eigenvalue weighted by Crippen LogP contribution is -2.40. The van der Waals surface area contributed by atoms with Gasteiger partial charge in [0, 0.05) is 26.1 Å². The van der Waals surface area contributed by atoms with Crippen LogP contribution in [0.1, 0.15) is 26.2 Å². The average molecular weight is 198 g/mol. The van der Waals surface area contributed by atoms with Crippen LogP contribution in [0, 0.1) is 5.92 Å². The predicted octanol–water partition coefficient (Wildman–Crippen LogP) is 1.20. The van der Waals surface area contributed by atoms with E-state index in [1.807, 2.05) is 19.0 Å². The SMILES string of the molecule is CC1CCCN(C(=O)CCN(C)C)C1. The molecule has 0 aliphatic carbocycles. The van der Waals surface area contributed by atoms with Crippen molar-refractivity contribution < 1.29 is 4.79 Å². The molecule has 3 heteroatoms. The number of carbonyl (C=O) groups excluding carboxylic acids is 1. The molecule has 0 spiro atoms. The normalized spacial score (nSPS) is 22.9. The summed E-state index contributed by atoms with van der Waals surface area (Å²) in [5.74, 6) is 1.01. The molecule has 1 unspecified atom stereocenters. The second-order valence-corrected chi connectivity index (χ2v) is 4.64. The summed E-state index contributed by atoms with van der Waals surface area (Å²) in [6.45, 7) is 5.03. The zero-order chi connectivity index (χ0) is 10.6. The van der Waals surface area contributed by atoms with Gasteiger partial charge in [-0.15, -0.1) is 0 Å². The molecule has 0 radical (unpaired) electrons. The van der Waals surface area contributed by atoms with E-state index in [0.29, 0.717) is 18.2 Å². The molecule has 0 aromatic heterocycles. The highest BCUT2D eigenvalue weighted by molar-refractivity contribution is 5.76. The summed E-state index contributed by atoms with van der Waals surface area (Å²) >= 11 is 0. The molecule has 0 aromatic rings. The van der Waals surface area contributed by atoms with Crippen LogP contribution in [0.2, 0.25) is 0 Å². The molecule has 0 bridgehead atoms. The van der Waals surface area contributed by atoms with E-state index in [9.17, 15) is 4.79 Å². The highest BCUT2D eigenvalue weighted by Gasteiger charge is 2.20. The van der Waals surface area contributed by atoms with E-state index < -0.39 is 0 Å². The lowest BCUT2D eigenvalue weighted by atomic mass is 10.00. The molecule has 1 saturated heterocycles. The molecule has 0 N–H and O–H groups in total. The van der Waals surface area contributed by atoms with Gasteiger partial charge in [-0.1, -0.05) is 6.92 Å². The van der Waals surface area contributed by atoms with Crippen LogP contribution in [0.4, 0.5) is 0 Å². The topological polar surface area (TPSA) is 23.6 Å². The van der Waals surface area contributed by atoms with Gasteiger partial charge < -0.3 is 9.80 Å². The minimum Gasteiger partial charge on any atom is -0.342 e. The molecule has 1 fully saturated rings. The molecule has 3 nitrogen and oxygen atoms in total. The Hall–Kier alpha value is -0.570. The van der Waals surface area contributed by atoms with E-state index in [4.69, 9.17) is 0 Å². The first kappa shape index (κ1) is 11.5. The van der Waals surface area contributed by atoms with Gasteiger partial charge in [0.15, 0.2) is 0 Å². The van der Waals surface area contributed by atoms with Crippen LogP contribution in [0.3, 0.4) is 0 Å². The third-order valence-corrected chi connectivity index (χ3v) is 2.78. The van der Waals surface area contributed by atoms with Crippen molar-refractivity contribution in [3.8, 4) is 0 Å². The summed E-state index contributed by atoms with van der Waals surface area (Å²) in [6.07, 6.45) is 3.12. The maximum atomic E-state index is 11.7. The highest BCUT2D eigenvalue weighted by atomic mass is 16.2. The summed E-state index contributed by atoms with van der Waals surface area (Å²) < 4.78 is 0. The average Bonchev–Trinajstić information content (AvgIpc) is 2.14. The Morgan fingerprint density at radius 1 is 1.50 bits per heavy atom. The summed E-state index contributed by atoms with van der Waals surface area (Å²) in [6, 6.07) is 0. The summed E-state index contributed by atoms with van der Waals surface area (Å²) in [4.78, 5) is 15.8. The van der Waals surface area contributed by atoms with Crippen molar-refractivity contribution in [3.63, 3.8) is 0 Å². The second-order valence-electron chi connectivity index (χ2n) is 4.64. The molecular weight excluding hydrogens is 176 g/mol. The maximum absolute atomic E-state index is 11.7. The van der Waals surface area contributed by atoms with Crippen molar-refractivity contribution in [2.75, 3.05) is 33.7 Å². The molecule has 0 aromatic carbocycles. The molecular formula is C11H22N2O. The van der Waals surface area contributed by atoms with Crippen LogP contribution in [-0.4, -0.2) is 49.4 Å². The third kappa shape index (κ3) is 3.66. The first-order chi connectivity index (χ1) is 6.59. The van der Waals surface area contributed by atoms with E-state index in [1.54, 1.807) is 0 Å². The first-order valence-electron chi connectivity index (χ1n) is 5.52. The molecule has 1 heterocycles. The monoisotopic (exact) mass is 198 g/mol. The molecule has 1 rings (SSSR count). The Bertz CT molecular complexity index is 192. The fraction of sp³-hybridized carbons (Fsp3) is 0.909. The van der Waals surface area contributed by atoms with E-state index >= 15 is 0 Å². The van der Waals surface area contributed by atoms with Crippen molar-refractivity contribution in [2.24, 2.45) is 5.92 Å². The molecule has 0 saturated carbocycles. The van der Waals surface area contributed by atoms with Crippen LogP contribution >= 0.6 is 0 Å². The van der Waals surface area contributed by atoms with Crippen molar-refractivity contribution in [1.29, 1.82) is 0 Å². The first-order valence-corrected chi connectivity index (χ1v) is 5.52. The van der Waals surface area contributed by atoms with E-state index in [1.165, 1.54) is 12.8 Å². The van der Waals surface area contributed by atoms with Crippen molar-refractivity contribution in [3.05, 3.63) is 0 Å². The molecule has 14 heavy (non-hydrogen) atoms. The standard InChI is InChI=1S/C11H22N2O/c1-10-5-4-7-13(9-10)11(14)6-8-12(2)3/h10H,4-9H2,1-3H3. The second kappa shape index (κ2) is 5.35. The number of likely N-dealkylation sites (tertiary alicyclic amines) is 1. The van der Waals surface area contributed by atoms with Gasteiger partial charge in [-0.3, -0.25) is 4.79 Å². The van der Waals surface area contributed by atoms with Gasteiger partial charge in [0.2, 0.25) is 5.91 Å². The fourth-order valence-corrected chi connectivity index (χ4v) is 1.89. The van der Waals surface area contributed by atoms with Crippen LogP contribution in [0.5, 0.6) is 0 Å². The lowest BCUT2D eigenvalue weighted by Gasteiger charge is -2.31. The Kier molecular flexibility index (Phi) is 4.39. The van der Waals surface area contributed by atoms with Crippen molar-refractivity contribution in [1.82, 2.24) is 9.80 Å². The summed E-state index contributed by atoms with van der Waals surface area (Å²) in [5, 5.41) is 0. The number of hydrogen-bond acceptors (Lipinski definition) is 2. The Morgan fingerprint density at radius 3 is 2.79 bits per heavy atom. The van der Waals surface area contributed by atoms with Gasteiger partial charge in [-0.05, 0) is 32.9 Å². The number of rotatable bonds is 3. The predicted molar refractivity (Wildman–Crippen MR) is 58.1 cm³/mol. The van der Waals surface area contributed by atoms with Gasteiger partial charge in [0.05, 0.1) is 0 Å². The number of carbonyl (C=O) groups is 1. The van der Waals surface area contributed by atoms with Crippen molar-refractivity contribution in [2.45, 2.75) is 26.2 Å². The van der Waals surface area contributed by atoms with Gasteiger partial charge in [-0.25, -0.2) is 0 Å². The Morgan fingerprint density at radius 2 is 2.21 bits per heavy atom. The van der Waals surface area contributed by atoms with Gasteiger partial charge in [0.25, 0.3) is 0 Å². The largest absolute Gasteiger partial charge is 0.342 e. The molecule has 1 aliphatic rings. The van der Waals surface area contributed by atoms with Crippen LogP contribution in [-0.2, 0) is 4.79 Å². The van der Waals surface area contributed by atoms with Crippen LogP contribution in [0.25, 0.3) is 0 Å². The third-order valence-electron chi connectivity index (χ3n) is 2.78. The molecule has 1 atom stereocenters. The maximum Gasteiger partial charge on any atom is 0.223 e. The van der Waals surface area contributed by atoms with Gasteiger partial charge in [-0.2, -0.15) is 0 Å². The quantitative estimate of drug-likeness (QED) is 0.680. The van der Waals surface area contributed by atoms with Crippen LogP contribution < -0.4 is 0 Å².